The number of amides is 1. The lowest BCUT2D eigenvalue weighted by Crippen LogP contribution is -2.13. The maximum absolute atomic E-state index is 12.5. The summed E-state index contributed by atoms with van der Waals surface area (Å²) in [5, 5.41) is 2.79. The molecule has 0 fully saturated rings. The van der Waals surface area contributed by atoms with Gasteiger partial charge in [-0.2, -0.15) is 0 Å². The van der Waals surface area contributed by atoms with Crippen molar-refractivity contribution in [1.82, 2.24) is 0 Å². The molecule has 0 saturated carbocycles. The minimum atomic E-state index is -0.312. The summed E-state index contributed by atoms with van der Waals surface area (Å²) in [6.45, 7) is 0. The number of hydrogen-bond donors (Lipinski definition) is 1. The van der Waals surface area contributed by atoms with Gasteiger partial charge < -0.3 is 14.8 Å². The Morgan fingerprint density at radius 2 is 1.45 bits per heavy atom. The Hall–Kier alpha value is -3.93. The van der Waals surface area contributed by atoms with Gasteiger partial charge in [0.05, 0.1) is 26.3 Å². The van der Waals surface area contributed by atoms with Crippen LogP contribution in [0.5, 0.6) is 11.5 Å². The molecule has 170 valence electrons. The maximum Gasteiger partial charge on any atom is 0.255 e. The van der Waals surface area contributed by atoms with E-state index in [4.69, 9.17) is 9.47 Å². The lowest BCUT2D eigenvalue weighted by molar-refractivity contribution is -0.118. The van der Waals surface area contributed by atoms with E-state index in [0.717, 1.165) is 17.7 Å². The number of ketones is 2. The molecule has 6 heteroatoms. The second-order valence-electron chi connectivity index (χ2n) is 7.57. The summed E-state index contributed by atoms with van der Waals surface area (Å²) in [4.78, 5) is 37.2. The molecule has 0 aliphatic heterocycles. The summed E-state index contributed by atoms with van der Waals surface area (Å²) in [5.41, 5.74) is 2.50. The molecule has 0 atom stereocenters. The van der Waals surface area contributed by atoms with Gasteiger partial charge in [0.2, 0.25) is 0 Å². The van der Waals surface area contributed by atoms with Gasteiger partial charge in [0.1, 0.15) is 17.3 Å². The quantitative estimate of drug-likeness (QED) is 0.327. The highest BCUT2D eigenvalue weighted by Gasteiger charge is 2.14. The molecule has 1 N–H and O–H groups in total. The van der Waals surface area contributed by atoms with Crippen molar-refractivity contribution in [3.8, 4) is 11.5 Å². The van der Waals surface area contributed by atoms with Gasteiger partial charge in [-0.05, 0) is 54.8 Å². The molecule has 0 radical (unpaired) electrons. The Balaban J connectivity index is 1.48. The highest BCUT2D eigenvalue weighted by atomic mass is 16.5. The third-order valence-corrected chi connectivity index (χ3v) is 5.26. The SMILES string of the molecule is COc1ccc(CCCC(=O)CC(=O)c2ccc(C(=O)Nc3ccccc3OC)cc2)cc1. The minimum absolute atomic E-state index is 0.0912. The van der Waals surface area contributed by atoms with Gasteiger partial charge in [0.25, 0.3) is 5.91 Å². The van der Waals surface area contributed by atoms with Crippen molar-refractivity contribution >= 4 is 23.2 Å². The standard InChI is InChI=1S/C27H27NO5/c1-32-23-16-10-19(11-17-23)6-5-7-22(29)18-25(30)20-12-14-21(15-13-20)27(31)28-24-8-3-4-9-26(24)33-2/h3-4,8-17H,5-7,18H2,1-2H3,(H,28,31). The van der Waals surface area contributed by atoms with E-state index >= 15 is 0 Å². The van der Waals surface area contributed by atoms with Gasteiger partial charge in [0.15, 0.2) is 5.78 Å². The molecule has 0 spiro atoms. The van der Waals surface area contributed by atoms with Crippen LogP contribution in [0.3, 0.4) is 0 Å². The monoisotopic (exact) mass is 445 g/mol. The van der Waals surface area contributed by atoms with E-state index < -0.39 is 0 Å². The number of aryl methyl sites for hydroxylation is 1. The van der Waals surface area contributed by atoms with Gasteiger partial charge in [-0.25, -0.2) is 0 Å². The predicted octanol–water partition coefficient (Wildman–Crippen LogP) is 5.12. The molecule has 3 rings (SSSR count). The highest BCUT2D eigenvalue weighted by molar-refractivity contribution is 6.09. The molecule has 0 heterocycles. The van der Waals surface area contributed by atoms with Crippen molar-refractivity contribution in [3.05, 3.63) is 89.5 Å². The fourth-order valence-electron chi connectivity index (χ4n) is 3.40. The van der Waals surface area contributed by atoms with Crippen LogP contribution in [-0.4, -0.2) is 31.7 Å². The first-order valence-electron chi connectivity index (χ1n) is 10.7. The zero-order valence-electron chi connectivity index (χ0n) is 18.8. The zero-order chi connectivity index (χ0) is 23.6. The van der Waals surface area contributed by atoms with Gasteiger partial charge in [-0.15, -0.1) is 0 Å². The number of carbonyl (C=O) groups excluding carboxylic acids is 3. The molecule has 0 bridgehead atoms. The minimum Gasteiger partial charge on any atom is -0.497 e. The third-order valence-electron chi connectivity index (χ3n) is 5.26. The number of Topliss-reactive ketones (excluding diaryl/α,β-unsaturated/α-hetero) is 2. The second kappa shape index (κ2) is 11.6. The van der Waals surface area contributed by atoms with E-state index in [1.54, 1.807) is 49.6 Å². The average Bonchev–Trinajstić information content (AvgIpc) is 2.84. The Bertz CT molecular complexity index is 1100. The molecular formula is C27H27NO5. The van der Waals surface area contributed by atoms with Crippen LogP contribution in [0, 0.1) is 0 Å². The lowest BCUT2D eigenvalue weighted by atomic mass is 10.0. The molecule has 3 aromatic rings. The topological polar surface area (TPSA) is 81.7 Å². The first-order chi connectivity index (χ1) is 16.0. The van der Waals surface area contributed by atoms with Crippen LogP contribution in [0.4, 0.5) is 5.69 Å². The Labute approximate surface area is 193 Å². The molecule has 3 aromatic carbocycles. The van der Waals surface area contributed by atoms with Gasteiger partial charge in [-0.3, -0.25) is 14.4 Å². The number of nitrogens with one attached hydrogen (secondary N) is 1. The largest absolute Gasteiger partial charge is 0.497 e. The van der Waals surface area contributed by atoms with Crippen LogP contribution < -0.4 is 14.8 Å². The number of carbonyl (C=O) groups is 3. The van der Waals surface area contributed by atoms with Crippen LogP contribution in [-0.2, 0) is 11.2 Å². The molecule has 6 nitrogen and oxygen atoms in total. The van der Waals surface area contributed by atoms with Gasteiger partial charge in [-0.1, -0.05) is 36.4 Å². The molecule has 33 heavy (non-hydrogen) atoms. The highest BCUT2D eigenvalue weighted by Crippen LogP contribution is 2.23. The lowest BCUT2D eigenvalue weighted by Gasteiger charge is -2.10. The first-order valence-corrected chi connectivity index (χ1v) is 10.7. The third kappa shape index (κ3) is 6.77. The van der Waals surface area contributed by atoms with Crippen molar-refractivity contribution in [3.63, 3.8) is 0 Å². The van der Waals surface area contributed by atoms with Crippen molar-refractivity contribution in [2.45, 2.75) is 25.7 Å². The summed E-state index contributed by atoms with van der Waals surface area (Å²) >= 11 is 0. The fraction of sp³-hybridized carbons (Fsp3) is 0.222. The first kappa shape index (κ1) is 23.7. The van der Waals surface area contributed by atoms with E-state index in [-0.39, 0.29) is 23.9 Å². The molecule has 0 aliphatic rings. The number of para-hydroxylation sites is 2. The summed E-state index contributed by atoms with van der Waals surface area (Å²) < 4.78 is 10.4. The van der Waals surface area contributed by atoms with E-state index in [1.807, 2.05) is 30.3 Å². The zero-order valence-corrected chi connectivity index (χ0v) is 18.8. The van der Waals surface area contributed by atoms with E-state index in [1.165, 1.54) is 7.11 Å². The van der Waals surface area contributed by atoms with Gasteiger partial charge >= 0.3 is 0 Å². The second-order valence-corrected chi connectivity index (χ2v) is 7.57. The van der Waals surface area contributed by atoms with Crippen LogP contribution in [0.15, 0.2) is 72.8 Å². The van der Waals surface area contributed by atoms with Crippen molar-refractivity contribution < 1.29 is 23.9 Å². The fourth-order valence-corrected chi connectivity index (χ4v) is 3.40. The predicted molar refractivity (Wildman–Crippen MR) is 127 cm³/mol. The van der Waals surface area contributed by atoms with E-state index in [0.29, 0.717) is 35.4 Å². The van der Waals surface area contributed by atoms with Crippen molar-refractivity contribution in [2.75, 3.05) is 19.5 Å². The maximum atomic E-state index is 12.5. The molecular weight excluding hydrogens is 418 g/mol. The smallest absolute Gasteiger partial charge is 0.255 e. The Kier molecular flexibility index (Phi) is 8.36. The van der Waals surface area contributed by atoms with Crippen molar-refractivity contribution in [1.29, 1.82) is 0 Å². The summed E-state index contributed by atoms with van der Waals surface area (Å²) in [6, 6.07) is 21.1. The molecule has 0 aliphatic carbocycles. The summed E-state index contributed by atoms with van der Waals surface area (Å²) in [5.74, 6) is 0.701. The average molecular weight is 446 g/mol. The van der Waals surface area contributed by atoms with Crippen LogP contribution in [0.2, 0.25) is 0 Å². The molecule has 0 unspecified atom stereocenters. The van der Waals surface area contributed by atoms with E-state index in [9.17, 15) is 14.4 Å². The van der Waals surface area contributed by atoms with E-state index in [2.05, 4.69) is 5.32 Å². The van der Waals surface area contributed by atoms with Crippen molar-refractivity contribution in [2.24, 2.45) is 0 Å². The molecule has 0 aromatic heterocycles. The molecule has 1 amide bonds. The molecule has 0 saturated heterocycles. The van der Waals surface area contributed by atoms with Crippen LogP contribution in [0.25, 0.3) is 0 Å². The number of hydrogen-bond acceptors (Lipinski definition) is 5. The number of methoxy groups -OCH3 is 2. The normalized spacial score (nSPS) is 10.4. The van der Waals surface area contributed by atoms with Gasteiger partial charge in [0, 0.05) is 17.5 Å². The number of ether oxygens (including phenoxy) is 2. The Morgan fingerprint density at radius 1 is 0.788 bits per heavy atom. The number of anilines is 1. The summed E-state index contributed by atoms with van der Waals surface area (Å²) in [7, 11) is 3.15. The number of benzene rings is 3. The number of rotatable bonds is 11. The van der Waals surface area contributed by atoms with Crippen LogP contribution >= 0.6 is 0 Å². The Morgan fingerprint density at radius 3 is 2.12 bits per heavy atom. The summed E-state index contributed by atoms with van der Waals surface area (Å²) in [6.07, 6.45) is 1.65. The van der Waals surface area contributed by atoms with Crippen LogP contribution in [0.1, 0.15) is 45.5 Å².